The third-order valence-electron chi connectivity index (χ3n) is 1.98. The van der Waals surface area contributed by atoms with Crippen molar-refractivity contribution in [3.63, 3.8) is 0 Å². The summed E-state index contributed by atoms with van der Waals surface area (Å²) in [5, 5.41) is 4.22. The lowest BCUT2D eigenvalue weighted by Gasteiger charge is -2.01. The first-order valence-corrected chi connectivity index (χ1v) is 4.45. The Morgan fingerprint density at radius 3 is 2.87 bits per heavy atom. The maximum atomic E-state index is 10.9. The van der Waals surface area contributed by atoms with Crippen molar-refractivity contribution in [2.75, 3.05) is 0 Å². The van der Waals surface area contributed by atoms with E-state index in [1.165, 1.54) is 6.20 Å². The molecule has 2 heterocycles. The van der Waals surface area contributed by atoms with Gasteiger partial charge in [0.15, 0.2) is 0 Å². The molecule has 0 radical (unpaired) electrons. The molecule has 0 fully saturated rings. The molecule has 2 rings (SSSR count). The van der Waals surface area contributed by atoms with Gasteiger partial charge >= 0.3 is 0 Å². The van der Waals surface area contributed by atoms with E-state index in [-0.39, 0.29) is 5.69 Å². The van der Waals surface area contributed by atoms with Crippen LogP contribution in [-0.4, -0.2) is 20.7 Å². The number of nitrogens with zero attached hydrogens (tertiary/aromatic N) is 3. The summed E-state index contributed by atoms with van der Waals surface area (Å²) in [5.41, 5.74) is 7.05. The smallest absolute Gasteiger partial charge is 0.267 e. The minimum absolute atomic E-state index is 0.237. The minimum Gasteiger partial charge on any atom is -0.364 e. The van der Waals surface area contributed by atoms with Crippen LogP contribution in [0.3, 0.4) is 0 Å². The molecule has 0 aliphatic heterocycles. The monoisotopic (exact) mass is 202 g/mol. The molecule has 0 unspecified atom stereocenters. The molecule has 5 nitrogen and oxygen atoms in total. The van der Waals surface area contributed by atoms with E-state index in [0.29, 0.717) is 0 Å². The number of aromatic nitrogens is 3. The van der Waals surface area contributed by atoms with Crippen LogP contribution in [0.15, 0.2) is 30.6 Å². The first kappa shape index (κ1) is 9.39. The largest absolute Gasteiger partial charge is 0.364 e. The van der Waals surface area contributed by atoms with E-state index >= 15 is 0 Å². The maximum Gasteiger partial charge on any atom is 0.267 e. The van der Waals surface area contributed by atoms with E-state index in [1.54, 1.807) is 16.8 Å². The molecular formula is C10H10N4O. The Bertz CT molecular complexity index is 504. The molecule has 1 amide bonds. The van der Waals surface area contributed by atoms with Crippen LogP contribution < -0.4 is 5.73 Å². The van der Waals surface area contributed by atoms with Gasteiger partial charge in [0.1, 0.15) is 5.69 Å². The average molecular weight is 202 g/mol. The van der Waals surface area contributed by atoms with Crippen molar-refractivity contribution in [1.82, 2.24) is 14.8 Å². The summed E-state index contributed by atoms with van der Waals surface area (Å²) in [7, 11) is 0. The predicted octanol–water partition coefficient (Wildman–Crippen LogP) is 0.675. The summed E-state index contributed by atoms with van der Waals surface area (Å²) in [6, 6.07) is 5.25. The van der Waals surface area contributed by atoms with Crippen LogP contribution in [0.2, 0.25) is 0 Å². The Kier molecular flexibility index (Phi) is 2.21. The highest BCUT2D eigenvalue weighted by atomic mass is 16.1. The van der Waals surface area contributed by atoms with Crippen molar-refractivity contribution >= 4 is 5.91 Å². The van der Waals surface area contributed by atoms with Gasteiger partial charge in [-0.25, -0.2) is 4.68 Å². The number of aryl methyl sites for hydroxylation is 1. The van der Waals surface area contributed by atoms with Gasteiger partial charge in [-0.15, -0.1) is 0 Å². The molecular weight excluding hydrogens is 192 g/mol. The van der Waals surface area contributed by atoms with E-state index < -0.39 is 5.91 Å². The van der Waals surface area contributed by atoms with E-state index in [0.717, 1.165) is 11.4 Å². The summed E-state index contributed by atoms with van der Waals surface area (Å²) >= 11 is 0. The highest BCUT2D eigenvalue weighted by Crippen LogP contribution is 2.07. The summed E-state index contributed by atoms with van der Waals surface area (Å²) < 4.78 is 1.67. The Balaban J connectivity index is 2.45. The Labute approximate surface area is 86.5 Å². The van der Waals surface area contributed by atoms with E-state index in [9.17, 15) is 4.79 Å². The number of amides is 1. The standard InChI is InChI=1S/C10H10N4O/c1-7-3-5-14(13-7)8-2-4-12-9(6-8)10(11)15/h2-6H,1H3,(H2,11,15). The highest BCUT2D eigenvalue weighted by molar-refractivity contribution is 5.91. The molecule has 5 heteroatoms. The fourth-order valence-corrected chi connectivity index (χ4v) is 1.26. The van der Waals surface area contributed by atoms with E-state index in [4.69, 9.17) is 5.73 Å². The van der Waals surface area contributed by atoms with Crippen LogP contribution in [0.25, 0.3) is 5.69 Å². The second kappa shape index (κ2) is 3.53. The molecule has 0 saturated carbocycles. The molecule has 0 aliphatic carbocycles. The van der Waals surface area contributed by atoms with Gasteiger partial charge in [0.05, 0.1) is 11.4 Å². The third-order valence-corrected chi connectivity index (χ3v) is 1.98. The van der Waals surface area contributed by atoms with Gasteiger partial charge in [0, 0.05) is 12.4 Å². The topological polar surface area (TPSA) is 73.8 Å². The van der Waals surface area contributed by atoms with Crippen LogP contribution in [0, 0.1) is 6.92 Å². The van der Waals surface area contributed by atoms with Gasteiger partial charge in [-0.2, -0.15) is 5.10 Å². The van der Waals surface area contributed by atoms with Crippen molar-refractivity contribution in [2.45, 2.75) is 6.92 Å². The second-order valence-electron chi connectivity index (χ2n) is 3.17. The predicted molar refractivity (Wildman–Crippen MR) is 54.6 cm³/mol. The zero-order chi connectivity index (χ0) is 10.8. The molecule has 0 aromatic carbocycles. The SMILES string of the molecule is Cc1ccn(-c2ccnc(C(N)=O)c2)n1. The van der Waals surface area contributed by atoms with Crippen LogP contribution in [-0.2, 0) is 0 Å². The number of primary amides is 1. The van der Waals surface area contributed by atoms with Gasteiger partial charge in [-0.3, -0.25) is 9.78 Å². The fraction of sp³-hybridized carbons (Fsp3) is 0.100. The second-order valence-corrected chi connectivity index (χ2v) is 3.17. The van der Waals surface area contributed by atoms with Crippen LogP contribution >= 0.6 is 0 Å². The summed E-state index contributed by atoms with van der Waals surface area (Å²) in [6.45, 7) is 1.90. The van der Waals surface area contributed by atoms with Crippen LogP contribution in [0.5, 0.6) is 0 Å². The van der Waals surface area contributed by atoms with Crippen LogP contribution in [0.1, 0.15) is 16.2 Å². The van der Waals surface area contributed by atoms with Gasteiger partial charge in [-0.05, 0) is 25.1 Å². The normalized spacial score (nSPS) is 10.2. The molecule has 2 aromatic heterocycles. The number of nitrogens with two attached hydrogens (primary N) is 1. The summed E-state index contributed by atoms with van der Waals surface area (Å²) in [6.07, 6.45) is 3.35. The summed E-state index contributed by atoms with van der Waals surface area (Å²) in [5.74, 6) is -0.541. The van der Waals surface area contributed by atoms with E-state index in [1.807, 2.05) is 19.2 Å². The van der Waals surface area contributed by atoms with Crippen molar-refractivity contribution in [2.24, 2.45) is 5.73 Å². The number of carbonyl (C=O) groups is 1. The van der Waals surface area contributed by atoms with E-state index in [2.05, 4.69) is 10.1 Å². The number of rotatable bonds is 2. The number of hydrogen-bond acceptors (Lipinski definition) is 3. The lowest BCUT2D eigenvalue weighted by Crippen LogP contribution is -2.13. The van der Waals surface area contributed by atoms with Crippen molar-refractivity contribution in [1.29, 1.82) is 0 Å². The fourth-order valence-electron chi connectivity index (χ4n) is 1.26. The van der Waals surface area contributed by atoms with Crippen molar-refractivity contribution < 1.29 is 4.79 Å². The quantitative estimate of drug-likeness (QED) is 0.778. The lowest BCUT2D eigenvalue weighted by molar-refractivity contribution is 0.0995. The molecule has 76 valence electrons. The first-order chi connectivity index (χ1) is 7.16. The number of pyridine rings is 1. The van der Waals surface area contributed by atoms with Gasteiger partial charge in [0.25, 0.3) is 5.91 Å². The Morgan fingerprint density at radius 1 is 1.47 bits per heavy atom. The van der Waals surface area contributed by atoms with Gasteiger partial charge in [0.2, 0.25) is 0 Å². The minimum atomic E-state index is -0.541. The highest BCUT2D eigenvalue weighted by Gasteiger charge is 2.04. The lowest BCUT2D eigenvalue weighted by atomic mass is 10.3. The zero-order valence-corrected chi connectivity index (χ0v) is 8.21. The average Bonchev–Trinajstić information content (AvgIpc) is 2.65. The molecule has 15 heavy (non-hydrogen) atoms. The molecule has 0 aliphatic rings. The zero-order valence-electron chi connectivity index (χ0n) is 8.21. The van der Waals surface area contributed by atoms with Crippen molar-refractivity contribution in [3.05, 3.63) is 42.0 Å². The van der Waals surface area contributed by atoms with Gasteiger partial charge in [-0.1, -0.05) is 0 Å². The van der Waals surface area contributed by atoms with Crippen LogP contribution in [0.4, 0.5) is 0 Å². The molecule has 2 N–H and O–H groups in total. The molecule has 0 spiro atoms. The maximum absolute atomic E-state index is 10.9. The molecule has 2 aromatic rings. The number of hydrogen-bond donors (Lipinski definition) is 1. The van der Waals surface area contributed by atoms with Gasteiger partial charge < -0.3 is 5.73 Å². The van der Waals surface area contributed by atoms with Crippen molar-refractivity contribution in [3.8, 4) is 5.69 Å². The molecule has 0 atom stereocenters. The molecule has 0 bridgehead atoms. The Hall–Kier alpha value is -2.17. The first-order valence-electron chi connectivity index (χ1n) is 4.45. The third kappa shape index (κ3) is 1.85. The molecule has 0 saturated heterocycles. The summed E-state index contributed by atoms with van der Waals surface area (Å²) in [4.78, 5) is 14.8. The number of carbonyl (C=O) groups excluding carboxylic acids is 1. The Morgan fingerprint density at radius 2 is 2.27 bits per heavy atom.